The number of nitrogens with zero attached hydrogens (tertiary/aromatic N) is 2. The quantitative estimate of drug-likeness (QED) is 0.846. The average Bonchev–Trinajstić information content (AvgIpc) is 2.80. The van der Waals surface area contributed by atoms with E-state index in [9.17, 15) is 13.2 Å². The number of aromatic nitrogens is 1. The summed E-state index contributed by atoms with van der Waals surface area (Å²) in [6, 6.07) is 4.55. The molecule has 0 spiro atoms. The van der Waals surface area contributed by atoms with Crippen molar-refractivity contribution in [2.75, 3.05) is 18.5 Å². The van der Waals surface area contributed by atoms with Crippen molar-refractivity contribution >= 4 is 32.5 Å². The lowest BCUT2D eigenvalue weighted by molar-refractivity contribution is -0.128. The third-order valence-electron chi connectivity index (χ3n) is 3.14. The van der Waals surface area contributed by atoms with Crippen LogP contribution < -0.4 is 5.73 Å². The molecule has 0 fully saturated rings. The Labute approximate surface area is 122 Å². The summed E-state index contributed by atoms with van der Waals surface area (Å²) in [5, 5.41) is -0.464. The molecule has 2 aromatic rings. The van der Waals surface area contributed by atoms with Gasteiger partial charge in [-0.25, -0.2) is 8.42 Å². The number of amides is 1. The van der Waals surface area contributed by atoms with E-state index in [4.69, 9.17) is 10.2 Å². The second kappa shape index (κ2) is 5.36. The highest BCUT2D eigenvalue weighted by Crippen LogP contribution is 2.21. The molecule has 1 amide bonds. The molecule has 114 valence electrons. The van der Waals surface area contributed by atoms with Crippen molar-refractivity contribution in [3.05, 3.63) is 18.2 Å². The van der Waals surface area contributed by atoms with E-state index in [1.165, 1.54) is 11.0 Å². The van der Waals surface area contributed by atoms with Crippen molar-refractivity contribution in [2.45, 2.75) is 25.1 Å². The average molecular weight is 311 g/mol. The minimum absolute atomic E-state index is 0.0869. The number of anilines is 1. The standard InChI is InChI=1S/C13H17N3O4S/c1-8(2)16(3)12(17)7-21(18,19)13-15-10-6-9(14)4-5-11(10)20-13/h4-6,8H,7,14H2,1-3H3. The summed E-state index contributed by atoms with van der Waals surface area (Å²) in [6.07, 6.45) is 0. The van der Waals surface area contributed by atoms with Gasteiger partial charge in [0, 0.05) is 18.8 Å². The molecule has 1 aromatic heterocycles. The third kappa shape index (κ3) is 3.15. The molecule has 0 aliphatic carbocycles. The Hall–Kier alpha value is -2.09. The van der Waals surface area contributed by atoms with Crippen LogP contribution in [0.25, 0.3) is 11.1 Å². The van der Waals surface area contributed by atoms with Gasteiger partial charge in [-0.2, -0.15) is 4.98 Å². The van der Waals surface area contributed by atoms with E-state index < -0.39 is 26.7 Å². The van der Waals surface area contributed by atoms with Crippen molar-refractivity contribution in [2.24, 2.45) is 0 Å². The number of nitrogens with two attached hydrogens (primary N) is 1. The Morgan fingerprint density at radius 3 is 2.71 bits per heavy atom. The molecule has 0 saturated heterocycles. The van der Waals surface area contributed by atoms with Crippen LogP contribution in [0, 0.1) is 0 Å². The Kier molecular flexibility index (Phi) is 3.91. The second-order valence-electron chi connectivity index (χ2n) is 5.06. The van der Waals surface area contributed by atoms with E-state index in [2.05, 4.69) is 4.98 Å². The number of oxazole rings is 1. The SMILES string of the molecule is CC(C)N(C)C(=O)CS(=O)(=O)c1nc2cc(N)ccc2o1. The molecule has 21 heavy (non-hydrogen) atoms. The Morgan fingerprint density at radius 1 is 1.43 bits per heavy atom. The molecular weight excluding hydrogens is 294 g/mol. The lowest BCUT2D eigenvalue weighted by Crippen LogP contribution is -2.37. The number of fused-ring (bicyclic) bond motifs is 1. The Morgan fingerprint density at radius 2 is 2.10 bits per heavy atom. The van der Waals surface area contributed by atoms with Crippen LogP contribution in [-0.2, 0) is 14.6 Å². The summed E-state index contributed by atoms with van der Waals surface area (Å²) in [7, 11) is -2.37. The van der Waals surface area contributed by atoms with Crippen molar-refractivity contribution in [3.63, 3.8) is 0 Å². The number of benzene rings is 1. The van der Waals surface area contributed by atoms with E-state index in [-0.39, 0.29) is 6.04 Å². The van der Waals surface area contributed by atoms with E-state index >= 15 is 0 Å². The van der Waals surface area contributed by atoms with Gasteiger partial charge in [0.2, 0.25) is 15.7 Å². The van der Waals surface area contributed by atoms with Crippen LogP contribution in [0.2, 0.25) is 0 Å². The molecular formula is C13H17N3O4S. The molecule has 0 radical (unpaired) electrons. The highest BCUT2D eigenvalue weighted by atomic mass is 32.2. The van der Waals surface area contributed by atoms with E-state index in [0.29, 0.717) is 16.8 Å². The van der Waals surface area contributed by atoms with Gasteiger partial charge in [-0.15, -0.1) is 0 Å². The summed E-state index contributed by atoms with van der Waals surface area (Å²) in [4.78, 5) is 17.2. The first-order valence-electron chi connectivity index (χ1n) is 6.35. The smallest absolute Gasteiger partial charge is 0.316 e. The molecule has 0 atom stereocenters. The number of rotatable bonds is 4. The molecule has 0 bridgehead atoms. The maximum absolute atomic E-state index is 12.2. The van der Waals surface area contributed by atoms with Crippen LogP contribution in [0.4, 0.5) is 5.69 Å². The fraction of sp³-hybridized carbons (Fsp3) is 0.385. The highest BCUT2D eigenvalue weighted by molar-refractivity contribution is 7.91. The van der Waals surface area contributed by atoms with E-state index in [0.717, 1.165) is 0 Å². The minimum Gasteiger partial charge on any atom is -0.428 e. The topological polar surface area (TPSA) is 106 Å². The molecule has 8 heteroatoms. The van der Waals surface area contributed by atoms with Crippen LogP contribution in [0.1, 0.15) is 13.8 Å². The molecule has 0 saturated carbocycles. The number of sulfone groups is 1. The molecule has 2 rings (SSSR count). The maximum atomic E-state index is 12.2. The van der Waals surface area contributed by atoms with E-state index in [1.807, 2.05) is 0 Å². The molecule has 0 unspecified atom stereocenters. The van der Waals surface area contributed by atoms with Gasteiger partial charge in [0.15, 0.2) is 5.58 Å². The third-order valence-corrected chi connectivity index (χ3v) is 4.47. The lowest BCUT2D eigenvalue weighted by atomic mass is 10.3. The molecule has 0 aliphatic rings. The number of carbonyl (C=O) groups excluding carboxylic acids is 1. The first-order valence-corrected chi connectivity index (χ1v) is 8.00. The lowest BCUT2D eigenvalue weighted by Gasteiger charge is -2.20. The predicted molar refractivity (Wildman–Crippen MR) is 78.4 cm³/mol. The zero-order valence-corrected chi connectivity index (χ0v) is 12.8. The summed E-state index contributed by atoms with van der Waals surface area (Å²) < 4.78 is 29.6. The van der Waals surface area contributed by atoms with Crippen LogP contribution in [0.3, 0.4) is 0 Å². The van der Waals surface area contributed by atoms with Crippen LogP contribution >= 0.6 is 0 Å². The Balaban J connectivity index is 2.31. The molecule has 1 heterocycles. The number of hydrogen-bond donors (Lipinski definition) is 1. The van der Waals surface area contributed by atoms with Gasteiger partial charge in [-0.1, -0.05) is 0 Å². The zero-order chi connectivity index (χ0) is 15.8. The number of nitrogen functional groups attached to an aromatic ring is 1. The van der Waals surface area contributed by atoms with Gasteiger partial charge in [-0.3, -0.25) is 4.79 Å². The first kappa shape index (κ1) is 15.3. The van der Waals surface area contributed by atoms with Gasteiger partial charge in [0.25, 0.3) is 0 Å². The first-order chi connectivity index (χ1) is 9.70. The zero-order valence-electron chi connectivity index (χ0n) is 12.0. The maximum Gasteiger partial charge on any atom is 0.316 e. The predicted octanol–water partition coefficient (Wildman–Crippen LogP) is 1.05. The molecule has 0 aliphatic heterocycles. The van der Waals surface area contributed by atoms with Gasteiger partial charge >= 0.3 is 5.22 Å². The van der Waals surface area contributed by atoms with E-state index in [1.54, 1.807) is 33.0 Å². The van der Waals surface area contributed by atoms with Gasteiger partial charge in [-0.05, 0) is 32.0 Å². The van der Waals surface area contributed by atoms with Gasteiger partial charge in [0.1, 0.15) is 11.3 Å². The largest absolute Gasteiger partial charge is 0.428 e. The summed E-state index contributed by atoms with van der Waals surface area (Å²) in [5.74, 6) is -1.18. The number of hydrogen-bond acceptors (Lipinski definition) is 6. The monoisotopic (exact) mass is 311 g/mol. The molecule has 1 aromatic carbocycles. The number of carbonyl (C=O) groups is 1. The summed E-state index contributed by atoms with van der Waals surface area (Å²) >= 11 is 0. The normalized spacial score (nSPS) is 12.0. The highest BCUT2D eigenvalue weighted by Gasteiger charge is 2.27. The fourth-order valence-corrected chi connectivity index (χ4v) is 2.78. The minimum atomic E-state index is -3.92. The summed E-state index contributed by atoms with van der Waals surface area (Å²) in [5.41, 5.74) is 6.72. The van der Waals surface area contributed by atoms with Crippen LogP contribution in [0.15, 0.2) is 27.8 Å². The molecule has 2 N–H and O–H groups in total. The Bertz CT molecular complexity index is 780. The van der Waals surface area contributed by atoms with Crippen LogP contribution in [0.5, 0.6) is 0 Å². The fourth-order valence-electron chi connectivity index (χ4n) is 1.67. The summed E-state index contributed by atoms with van der Waals surface area (Å²) in [6.45, 7) is 3.60. The van der Waals surface area contributed by atoms with Crippen molar-refractivity contribution in [1.29, 1.82) is 0 Å². The van der Waals surface area contributed by atoms with Crippen molar-refractivity contribution in [1.82, 2.24) is 9.88 Å². The van der Waals surface area contributed by atoms with Crippen LogP contribution in [-0.4, -0.2) is 43.1 Å². The molecule has 7 nitrogen and oxygen atoms in total. The van der Waals surface area contributed by atoms with Gasteiger partial charge in [0.05, 0.1) is 0 Å². The van der Waals surface area contributed by atoms with Crippen molar-refractivity contribution < 1.29 is 17.6 Å². The second-order valence-corrected chi connectivity index (χ2v) is 6.93. The van der Waals surface area contributed by atoms with Gasteiger partial charge < -0.3 is 15.1 Å². The van der Waals surface area contributed by atoms with Crippen molar-refractivity contribution in [3.8, 4) is 0 Å².